The molecule has 1 aliphatic heterocycles. The predicted octanol–water partition coefficient (Wildman–Crippen LogP) is 3.27. The maximum Gasteiger partial charge on any atom is 0.246 e. The number of carbonyl (C=O) groups is 1. The van der Waals surface area contributed by atoms with Gasteiger partial charge in [-0.3, -0.25) is 9.69 Å². The Morgan fingerprint density at radius 1 is 1.25 bits per heavy atom. The molecule has 0 unspecified atom stereocenters. The minimum absolute atomic E-state index is 0.0141. The van der Waals surface area contributed by atoms with Gasteiger partial charge in [-0.15, -0.1) is 0 Å². The first-order chi connectivity index (χ1) is 11.5. The summed E-state index contributed by atoms with van der Waals surface area (Å²) < 4.78 is 5.81. The molecule has 1 saturated heterocycles. The Labute approximate surface area is 145 Å². The number of amides is 1. The second kappa shape index (κ2) is 9.00. The zero-order chi connectivity index (χ0) is 17.5. The van der Waals surface area contributed by atoms with Crippen molar-refractivity contribution in [3.05, 3.63) is 47.0 Å². The molecule has 1 aromatic rings. The Morgan fingerprint density at radius 2 is 1.88 bits per heavy atom. The molecule has 0 saturated carbocycles. The van der Waals surface area contributed by atoms with Crippen molar-refractivity contribution in [3.8, 4) is 0 Å². The predicted molar refractivity (Wildman–Crippen MR) is 97.6 cm³/mol. The Hall–Kier alpha value is -1.65. The van der Waals surface area contributed by atoms with Gasteiger partial charge in [-0.05, 0) is 38.3 Å². The van der Waals surface area contributed by atoms with Crippen LogP contribution in [0.15, 0.2) is 35.9 Å². The van der Waals surface area contributed by atoms with Crippen LogP contribution in [0.1, 0.15) is 45.2 Å². The fraction of sp³-hybridized carbons (Fsp3) is 0.550. The van der Waals surface area contributed by atoms with E-state index in [2.05, 4.69) is 42.3 Å². The average Bonchev–Trinajstić information content (AvgIpc) is 2.53. The lowest BCUT2D eigenvalue weighted by molar-refractivity contribution is -0.117. The molecule has 132 valence electrons. The van der Waals surface area contributed by atoms with Crippen LogP contribution in [-0.4, -0.2) is 36.1 Å². The standard InChI is InChI=1S/C20H30N2O2/c1-5-8-15(2)20(23)21-11-18-9-6-7-10-19(18)14-22-12-16(3)24-17(4)13-22/h6-10,16-17H,5,11-14H2,1-4H3,(H,21,23)/b15-8+/t16-,17-/m0/s1. The molecule has 1 amide bonds. The van der Waals surface area contributed by atoms with Crippen LogP contribution in [0.25, 0.3) is 0 Å². The van der Waals surface area contributed by atoms with Crippen LogP contribution in [-0.2, 0) is 22.6 Å². The van der Waals surface area contributed by atoms with E-state index < -0.39 is 0 Å². The first-order valence-corrected chi connectivity index (χ1v) is 8.89. The number of hydrogen-bond acceptors (Lipinski definition) is 3. The van der Waals surface area contributed by atoms with Gasteiger partial charge >= 0.3 is 0 Å². The van der Waals surface area contributed by atoms with Crippen LogP contribution < -0.4 is 5.32 Å². The third-order valence-corrected chi connectivity index (χ3v) is 4.32. The van der Waals surface area contributed by atoms with Crippen molar-refractivity contribution < 1.29 is 9.53 Å². The Balaban J connectivity index is 1.99. The van der Waals surface area contributed by atoms with E-state index >= 15 is 0 Å². The van der Waals surface area contributed by atoms with E-state index in [0.717, 1.165) is 31.6 Å². The second-order valence-corrected chi connectivity index (χ2v) is 6.70. The Morgan fingerprint density at radius 3 is 2.50 bits per heavy atom. The molecule has 1 aromatic carbocycles. The van der Waals surface area contributed by atoms with Crippen molar-refractivity contribution in [3.63, 3.8) is 0 Å². The number of rotatable bonds is 6. The van der Waals surface area contributed by atoms with E-state index in [-0.39, 0.29) is 18.1 Å². The molecule has 1 N–H and O–H groups in total. The van der Waals surface area contributed by atoms with Gasteiger partial charge in [-0.1, -0.05) is 37.3 Å². The van der Waals surface area contributed by atoms with E-state index in [1.54, 1.807) is 0 Å². The van der Waals surface area contributed by atoms with Crippen LogP contribution in [0.3, 0.4) is 0 Å². The molecule has 0 bridgehead atoms. The van der Waals surface area contributed by atoms with E-state index in [4.69, 9.17) is 4.74 Å². The Kier molecular flexibility index (Phi) is 7.00. The molecule has 0 aliphatic carbocycles. The highest BCUT2D eigenvalue weighted by atomic mass is 16.5. The number of benzene rings is 1. The summed E-state index contributed by atoms with van der Waals surface area (Å²) in [5.41, 5.74) is 3.24. The Bertz CT molecular complexity index is 573. The fourth-order valence-corrected chi connectivity index (χ4v) is 3.25. The van der Waals surface area contributed by atoms with Crippen molar-refractivity contribution in [2.24, 2.45) is 0 Å². The maximum atomic E-state index is 12.1. The zero-order valence-corrected chi connectivity index (χ0v) is 15.3. The van der Waals surface area contributed by atoms with Crippen molar-refractivity contribution in [2.45, 2.75) is 59.4 Å². The van der Waals surface area contributed by atoms with Gasteiger partial charge in [0.1, 0.15) is 0 Å². The lowest BCUT2D eigenvalue weighted by Gasteiger charge is -2.35. The highest BCUT2D eigenvalue weighted by molar-refractivity contribution is 5.92. The van der Waals surface area contributed by atoms with Gasteiger partial charge < -0.3 is 10.1 Å². The van der Waals surface area contributed by atoms with Crippen molar-refractivity contribution in [1.82, 2.24) is 10.2 Å². The second-order valence-electron chi connectivity index (χ2n) is 6.70. The van der Waals surface area contributed by atoms with Crippen molar-refractivity contribution >= 4 is 5.91 Å². The number of allylic oxidation sites excluding steroid dienone is 1. The number of ether oxygens (including phenoxy) is 1. The first kappa shape index (κ1) is 18.7. The van der Waals surface area contributed by atoms with Crippen LogP contribution in [0.2, 0.25) is 0 Å². The quantitative estimate of drug-likeness (QED) is 0.814. The normalized spacial score (nSPS) is 22.4. The third kappa shape index (κ3) is 5.46. The minimum Gasteiger partial charge on any atom is -0.373 e. The van der Waals surface area contributed by atoms with Gasteiger partial charge in [-0.25, -0.2) is 0 Å². The van der Waals surface area contributed by atoms with Crippen molar-refractivity contribution in [1.29, 1.82) is 0 Å². The van der Waals surface area contributed by atoms with Crippen LogP contribution >= 0.6 is 0 Å². The van der Waals surface area contributed by atoms with Crippen LogP contribution in [0.5, 0.6) is 0 Å². The molecule has 2 rings (SSSR count). The molecule has 4 nitrogen and oxygen atoms in total. The van der Waals surface area contributed by atoms with Crippen LogP contribution in [0, 0.1) is 0 Å². The molecule has 0 aromatic heterocycles. The summed E-state index contributed by atoms with van der Waals surface area (Å²) in [6.45, 7) is 11.5. The first-order valence-electron chi connectivity index (χ1n) is 8.89. The largest absolute Gasteiger partial charge is 0.373 e. The summed E-state index contributed by atoms with van der Waals surface area (Å²) in [4.78, 5) is 14.5. The average molecular weight is 330 g/mol. The fourth-order valence-electron chi connectivity index (χ4n) is 3.25. The van der Waals surface area contributed by atoms with Gasteiger partial charge in [0.2, 0.25) is 5.91 Å². The highest BCUT2D eigenvalue weighted by Gasteiger charge is 2.22. The number of morpholine rings is 1. The van der Waals surface area contributed by atoms with E-state index in [1.165, 1.54) is 11.1 Å². The summed E-state index contributed by atoms with van der Waals surface area (Å²) in [6, 6.07) is 8.35. The van der Waals surface area contributed by atoms with Crippen molar-refractivity contribution in [2.75, 3.05) is 13.1 Å². The van der Waals surface area contributed by atoms with Gasteiger partial charge in [0.15, 0.2) is 0 Å². The van der Waals surface area contributed by atoms with Gasteiger partial charge in [0, 0.05) is 31.8 Å². The molecule has 0 radical (unpaired) electrons. The summed E-state index contributed by atoms with van der Waals surface area (Å²) in [5, 5.41) is 3.03. The third-order valence-electron chi connectivity index (χ3n) is 4.32. The molecule has 1 fully saturated rings. The molecule has 1 aliphatic rings. The molecular weight excluding hydrogens is 300 g/mol. The smallest absolute Gasteiger partial charge is 0.246 e. The summed E-state index contributed by atoms with van der Waals surface area (Å²) in [7, 11) is 0. The van der Waals surface area contributed by atoms with Gasteiger partial charge in [-0.2, -0.15) is 0 Å². The summed E-state index contributed by atoms with van der Waals surface area (Å²) >= 11 is 0. The monoisotopic (exact) mass is 330 g/mol. The molecule has 0 spiro atoms. The highest BCUT2D eigenvalue weighted by Crippen LogP contribution is 2.17. The SMILES string of the molecule is CC/C=C(\C)C(=O)NCc1ccccc1CN1C[C@H](C)O[C@@H](C)C1. The van der Waals surface area contributed by atoms with Gasteiger partial charge in [0.25, 0.3) is 0 Å². The number of carbonyl (C=O) groups excluding carboxylic acids is 1. The number of nitrogens with zero attached hydrogens (tertiary/aromatic N) is 1. The van der Waals surface area contributed by atoms with Gasteiger partial charge in [0.05, 0.1) is 12.2 Å². The minimum atomic E-state index is 0.0141. The maximum absolute atomic E-state index is 12.1. The molecule has 1 heterocycles. The molecule has 4 heteroatoms. The lowest BCUT2D eigenvalue weighted by Crippen LogP contribution is -2.45. The summed E-state index contributed by atoms with van der Waals surface area (Å²) in [6.07, 6.45) is 3.37. The van der Waals surface area contributed by atoms with Crippen LogP contribution in [0.4, 0.5) is 0 Å². The summed E-state index contributed by atoms with van der Waals surface area (Å²) in [5.74, 6) is 0.0141. The number of hydrogen-bond donors (Lipinski definition) is 1. The number of nitrogens with one attached hydrogen (secondary N) is 1. The lowest BCUT2D eigenvalue weighted by atomic mass is 10.1. The zero-order valence-electron chi connectivity index (χ0n) is 15.3. The topological polar surface area (TPSA) is 41.6 Å². The van der Waals surface area contributed by atoms with E-state index in [0.29, 0.717) is 6.54 Å². The molecule has 24 heavy (non-hydrogen) atoms. The van der Waals surface area contributed by atoms with E-state index in [9.17, 15) is 4.79 Å². The molecule has 2 atom stereocenters. The van der Waals surface area contributed by atoms with E-state index in [1.807, 2.05) is 26.0 Å². The molecular formula is C20H30N2O2.